The SMILES string of the molecule is COC(=O)CCc1ccc(OCC(C)C)cc1C. The molecule has 0 saturated heterocycles. The van der Waals surface area contributed by atoms with Gasteiger partial charge in [0.25, 0.3) is 0 Å². The van der Waals surface area contributed by atoms with E-state index in [1.54, 1.807) is 0 Å². The maximum atomic E-state index is 11.1. The minimum atomic E-state index is -0.172. The van der Waals surface area contributed by atoms with E-state index in [0.29, 0.717) is 18.8 Å². The Kier molecular flexibility index (Phi) is 5.69. The third kappa shape index (κ3) is 4.78. The summed E-state index contributed by atoms with van der Waals surface area (Å²) in [5.74, 6) is 1.24. The number of hydrogen-bond acceptors (Lipinski definition) is 3. The highest BCUT2D eigenvalue weighted by molar-refractivity contribution is 5.69. The fourth-order valence-electron chi connectivity index (χ4n) is 1.64. The van der Waals surface area contributed by atoms with E-state index < -0.39 is 0 Å². The largest absolute Gasteiger partial charge is 0.493 e. The Hall–Kier alpha value is -1.51. The number of benzene rings is 1. The van der Waals surface area contributed by atoms with E-state index in [-0.39, 0.29) is 5.97 Å². The van der Waals surface area contributed by atoms with Crippen LogP contribution in [0, 0.1) is 12.8 Å². The van der Waals surface area contributed by atoms with Crippen LogP contribution in [0.3, 0.4) is 0 Å². The third-order valence-corrected chi connectivity index (χ3v) is 2.72. The second kappa shape index (κ2) is 7.04. The number of esters is 1. The van der Waals surface area contributed by atoms with Crippen LogP contribution in [0.2, 0.25) is 0 Å². The minimum Gasteiger partial charge on any atom is -0.493 e. The van der Waals surface area contributed by atoms with Crippen molar-refractivity contribution in [3.63, 3.8) is 0 Å². The molecule has 0 bridgehead atoms. The van der Waals surface area contributed by atoms with Gasteiger partial charge < -0.3 is 9.47 Å². The van der Waals surface area contributed by atoms with Gasteiger partial charge in [0.15, 0.2) is 0 Å². The monoisotopic (exact) mass is 250 g/mol. The lowest BCUT2D eigenvalue weighted by Gasteiger charge is -2.11. The molecule has 3 nitrogen and oxygen atoms in total. The van der Waals surface area contributed by atoms with E-state index >= 15 is 0 Å². The van der Waals surface area contributed by atoms with Gasteiger partial charge in [-0.15, -0.1) is 0 Å². The van der Waals surface area contributed by atoms with Gasteiger partial charge in [0, 0.05) is 6.42 Å². The van der Waals surface area contributed by atoms with Gasteiger partial charge in [0.05, 0.1) is 13.7 Å². The van der Waals surface area contributed by atoms with Crippen molar-refractivity contribution < 1.29 is 14.3 Å². The summed E-state index contributed by atoms with van der Waals surface area (Å²) in [5, 5.41) is 0. The number of rotatable bonds is 6. The molecule has 0 aliphatic rings. The molecular formula is C15H22O3. The van der Waals surface area contributed by atoms with Crippen molar-refractivity contribution in [3.05, 3.63) is 29.3 Å². The first-order valence-corrected chi connectivity index (χ1v) is 6.32. The molecule has 0 saturated carbocycles. The standard InChI is InChI=1S/C15H22O3/c1-11(2)10-18-14-7-5-13(12(3)9-14)6-8-15(16)17-4/h5,7,9,11H,6,8,10H2,1-4H3. The molecular weight excluding hydrogens is 228 g/mol. The van der Waals surface area contributed by atoms with Gasteiger partial charge in [-0.3, -0.25) is 4.79 Å². The van der Waals surface area contributed by atoms with E-state index in [1.165, 1.54) is 7.11 Å². The first-order chi connectivity index (χ1) is 8.52. The molecule has 0 aliphatic carbocycles. The van der Waals surface area contributed by atoms with Crippen molar-refractivity contribution in [2.24, 2.45) is 5.92 Å². The molecule has 0 heterocycles. The van der Waals surface area contributed by atoms with Crippen LogP contribution in [0.5, 0.6) is 5.75 Å². The number of ether oxygens (including phenoxy) is 2. The zero-order valence-corrected chi connectivity index (χ0v) is 11.7. The molecule has 1 rings (SSSR count). The molecule has 0 spiro atoms. The van der Waals surface area contributed by atoms with Gasteiger partial charge in [-0.2, -0.15) is 0 Å². The molecule has 100 valence electrons. The van der Waals surface area contributed by atoms with Crippen molar-refractivity contribution in [1.29, 1.82) is 0 Å². The molecule has 0 N–H and O–H groups in total. The lowest BCUT2D eigenvalue weighted by Crippen LogP contribution is -2.05. The quantitative estimate of drug-likeness (QED) is 0.728. The summed E-state index contributed by atoms with van der Waals surface area (Å²) in [6.45, 7) is 7.00. The Morgan fingerprint density at radius 2 is 2.06 bits per heavy atom. The first kappa shape index (κ1) is 14.6. The van der Waals surface area contributed by atoms with Gasteiger partial charge in [-0.05, 0) is 42.5 Å². The van der Waals surface area contributed by atoms with E-state index in [0.717, 1.165) is 23.5 Å². The Labute approximate surface area is 109 Å². The Bertz CT molecular complexity index is 397. The van der Waals surface area contributed by atoms with Crippen LogP contribution in [-0.4, -0.2) is 19.7 Å². The molecule has 1 aromatic carbocycles. The van der Waals surface area contributed by atoms with Crippen LogP contribution < -0.4 is 4.74 Å². The Balaban J connectivity index is 2.59. The highest BCUT2D eigenvalue weighted by atomic mass is 16.5. The average Bonchev–Trinajstić information content (AvgIpc) is 2.34. The molecule has 0 atom stereocenters. The van der Waals surface area contributed by atoms with Crippen molar-refractivity contribution in [1.82, 2.24) is 0 Å². The minimum absolute atomic E-state index is 0.172. The van der Waals surface area contributed by atoms with E-state index in [2.05, 4.69) is 18.6 Å². The van der Waals surface area contributed by atoms with E-state index in [9.17, 15) is 4.79 Å². The molecule has 0 aromatic heterocycles. The zero-order valence-electron chi connectivity index (χ0n) is 11.7. The maximum absolute atomic E-state index is 11.1. The molecule has 0 amide bonds. The molecule has 18 heavy (non-hydrogen) atoms. The Morgan fingerprint density at radius 3 is 2.61 bits per heavy atom. The number of methoxy groups -OCH3 is 1. The topological polar surface area (TPSA) is 35.5 Å². The summed E-state index contributed by atoms with van der Waals surface area (Å²) in [6, 6.07) is 6.00. The van der Waals surface area contributed by atoms with Crippen molar-refractivity contribution in [3.8, 4) is 5.75 Å². The maximum Gasteiger partial charge on any atom is 0.305 e. The van der Waals surface area contributed by atoms with Gasteiger partial charge >= 0.3 is 5.97 Å². The summed E-state index contributed by atoms with van der Waals surface area (Å²) in [5.41, 5.74) is 2.32. The number of carbonyl (C=O) groups excluding carboxylic acids is 1. The highest BCUT2D eigenvalue weighted by Crippen LogP contribution is 2.19. The van der Waals surface area contributed by atoms with Crippen molar-refractivity contribution in [2.45, 2.75) is 33.6 Å². The number of hydrogen-bond donors (Lipinski definition) is 0. The second-order valence-electron chi connectivity index (χ2n) is 4.87. The number of carbonyl (C=O) groups is 1. The highest BCUT2D eigenvalue weighted by Gasteiger charge is 2.05. The predicted octanol–water partition coefficient (Wildman–Crippen LogP) is 3.14. The van der Waals surface area contributed by atoms with Gasteiger partial charge in [-0.1, -0.05) is 19.9 Å². The van der Waals surface area contributed by atoms with Gasteiger partial charge in [0.1, 0.15) is 5.75 Å². The molecule has 1 aromatic rings. The molecule has 0 fully saturated rings. The summed E-state index contributed by atoms with van der Waals surface area (Å²) >= 11 is 0. The second-order valence-corrected chi connectivity index (χ2v) is 4.87. The first-order valence-electron chi connectivity index (χ1n) is 6.32. The zero-order chi connectivity index (χ0) is 13.5. The van der Waals surface area contributed by atoms with Gasteiger partial charge in [0.2, 0.25) is 0 Å². The lowest BCUT2D eigenvalue weighted by molar-refractivity contribution is -0.140. The van der Waals surface area contributed by atoms with Crippen LogP contribution in [0.1, 0.15) is 31.4 Å². The normalized spacial score (nSPS) is 10.5. The summed E-state index contributed by atoms with van der Waals surface area (Å²) in [6.07, 6.45) is 1.13. The predicted molar refractivity (Wildman–Crippen MR) is 71.8 cm³/mol. The van der Waals surface area contributed by atoms with Crippen LogP contribution in [0.15, 0.2) is 18.2 Å². The van der Waals surface area contributed by atoms with Crippen molar-refractivity contribution in [2.75, 3.05) is 13.7 Å². The Morgan fingerprint density at radius 1 is 1.33 bits per heavy atom. The summed E-state index contributed by atoms with van der Waals surface area (Å²) in [7, 11) is 1.41. The fourth-order valence-corrected chi connectivity index (χ4v) is 1.64. The van der Waals surface area contributed by atoms with Crippen LogP contribution in [0.4, 0.5) is 0 Å². The summed E-state index contributed by atoms with van der Waals surface area (Å²) in [4.78, 5) is 11.1. The lowest BCUT2D eigenvalue weighted by atomic mass is 10.0. The van der Waals surface area contributed by atoms with E-state index in [1.807, 2.05) is 25.1 Å². The molecule has 3 heteroatoms. The smallest absolute Gasteiger partial charge is 0.305 e. The molecule has 0 radical (unpaired) electrons. The van der Waals surface area contributed by atoms with Crippen molar-refractivity contribution >= 4 is 5.97 Å². The van der Waals surface area contributed by atoms with Gasteiger partial charge in [-0.25, -0.2) is 0 Å². The van der Waals surface area contributed by atoms with E-state index in [4.69, 9.17) is 4.74 Å². The number of aryl methyl sites for hydroxylation is 2. The van der Waals surface area contributed by atoms with Crippen LogP contribution in [0.25, 0.3) is 0 Å². The summed E-state index contributed by atoms with van der Waals surface area (Å²) < 4.78 is 10.3. The molecule has 0 aliphatic heterocycles. The van der Waals surface area contributed by atoms with Crippen LogP contribution >= 0.6 is 0 Å². The average molecular weight is 250 g/mol. The third-order valence-electron chi connectivity index (χ3n) is 2.72. The van der Waals surface area contributed by atoms with Crippen LogP contribution in [-0.2, 0) is 16.0 Å². The molecule has 0 unspecified atom stereocenters. The fraction of sp³-hybridized carbons (Fsp3) is 0.533.